The molecule has 0 aliphatic rings. The zero-order valence-electron chi connectivity index (χ0n) is 16.6. The van der Waals surface area contributed by atoms with Crippen molar-refractivity contribution in [3.05, 3.63) is 53.6 Å². The van der Waals surface area contributed by atoms with Crippen LogP contribution in [-0.2, 0) is 22.1 Å². The van der Waals surface area contributed by atoms with Gasteiger partial charge in [0.15, 0.2) is 6.10 Å². The van der Waals surface area contributed by atoms with E-state index in [-0.39, 0.29) is 18.1 Å². The van der Waals surface area contributed by atoms with Gasteiger partial charge in [-0.15, -0.1) is 0 Å². The van der Waals surface area contributed by atoms with Gasteiger partial charge in [0.1, 0.15) is 11.6 Å². The summed E-state index contributed by atoms with van der Waals surface area (Å²) in [5.74, 6) is -0.720. The van der Waals surface area contributed by atoms with Gasteiger partial charge < -0.3 is 20.2 Å². The molecule has 0 amide bonds. The molecule has 2 unspecified atom stereocenters. The highest BCUT2D eigenvalue weighted by Gasteiger charge is 2.31. The topological polar surface area (TPSA) is 125 Å². The number of esters is 1. The van der Waals surface area contributed by atoms with E-state index in [2.05, 4.69) is 9.97 Å². The fourth-order valence-electron chi connectivity index (χ4n) is 2.16. The van der Waals surface area contributed by atoms with Crippen molar-refractivity contribution >= 4 is 5.97 Å². The Bertz CT molecular complexity index is 804. The van der Waals surface area contributed by atoms with E-state index in [4.69, 9.17) is 9.94 Å². The molecule has 0 radical (unpaired) electrons. The number of aliphatic hydroxyl groups excluding tert-OH is 1. The summed E-state index contributed by atoms with van der Waals surface area (Å²) in [5.41, 5.74) is 1.12. The Balaban J connectivity index is 0.000000300. The number of nitrogens with one attached hydrogen (secondary N) is 1. The quantitative estimate of drug-likeness (QED) is 0.407. The number of benzene rings is 1. The summed E-state index contributed by atoms with van der Waals surface area (Å²) in [5, 5.41) is 27.3. The van der Waals surface area contributed by atoms with Crippen LogP contribution in [-0.4, -0.2) is 43.6 Å². The first kappa shape index (κ1) is 25.3. The number of aromatic hydroxyl groups is 1. The number of phenols is 1. The number of halogens is 3. The summed E-state index contributed by atoms with van der Waals surface area (Å²) in [6.07, 6.45) is -2.72. The van der Waals surface area contributed by atoms with Gasteiger partial charge in [-0.2, -0.15) is 18.7 Å². The van der Waals surface area contributed by atoms with Crippen molar-refractivity contribution in [1.29, 1.82) is 0 Å². The van der Waals surface area contributed by atoms with Crippen LogP contribution in [0, 0.1) is 0 Å². The normalized spacial score (nSPS) is 13.2. The molecule has 4 N–H and O–H groups in total. The number of aromatic nitrogens is 2. The largest absolute Gasteiger partial charge is 0.508 e. The molecule has 2 aromatic rings. The van der Waals surface area contributed by atoms with Crippen LogP contribution >= 0.6 is 0 Å². The maximum absolute atomic E-state index is 12.2. The molecule has 30 heavy (non-hydrogen) atoms. The highest BCUT2D eigenvalue weighted by Crippen LogP contribution is 2.34. The number of phenolic OH excluding ortho intramolecular Hbond substituents is 1. The van der Waals surface area contributed by atoms with Gasteiger partial charge in [0.05, 0.1) is 17.7 Å². The lowest BCUT2D eigenvalue weighted by molar-refractivity contribution is -0.157. The molecule has 0 bridgehead atoms. The lowest BCUT2D eigenvalue weighted by Gasteiger charge is -2.13. The molecule has 2 atom stereocenters. The van der Waals surface area contributed by atoms with E-state index in [1.165, 1.54) is 6.92 Å². The van der Waals surface area contributed by atoms with E-state index < -0.39 is 35.6 Å². The molecule has 1 aromatic heterocycles. The number of carbonyl (C=O) groups excluding carboxylic acids is 1. The first-order chi connectivity index (χ1) is 14.0. The smallest absolute Gasteiger partial charge is 0.416 e. The summed E-state index contributed by atoms with van der Waals surface area (Å²) in [6, 6.07) is 3.63. The fraction of sp³-hybridized carbons (Fsp3) is 0.421. The zero-order valence-corrected chi connectivity index (χ0v) is 16.6. The number of nitrogens with zero attached hydrogens (tertiary/aromatic N) is 2. The van der Waals surface area contributed by atoms with Gasteiger partial charge in [0.25, 0.3) is 0 Å². The van der Waals surface area contributed by atoms with Crippen molar-refractivity contribution in [1.82, 2.24) is 15.4 Å². The molecule has 1 heterocycles. The van der Waals surface area contributed by atoms with Crippen molar-refractivity contribution < 1.29 is 38.1 Å². The van der Waals surface area contributed by atoms with E-state index in [0.29, 0.717) is 11.9 Å². The van der Waals surface area contributed by atoms with Gasteiger partial charge in [0, 0.05) is 24.4 Å². The van der Waals surface area contributed by atoms with Crippen molar-refractivity contribution in [2.24, 2.45) is 0 Å². The summed E-state index contributed by atoms with van der Waals surface area (Å²) in [4.78, 5) is 19.0. The van der Waals surface area contributed by atoms with E-state index in [9.17, 15) is 28.2 Å². The number of hydrogen-bond donors (Lipinski definition) is 4. The Kier molecular flexibility index (Phi) is 9.63. The van der Waals surface area contributed by atoms with Gasteiger partial charge in [-0.3, -0.25) is 0 Å². The first-order valence-corrected chi connectivity index (χ1v) is 8.89. The number of hydroxylamine groups is 1. The van der Waals surface area contributed by atoms with Crippen molar-refractivity contribution in [2.75, 3.05) is 0 Å². The van der Waals surface area contributed by atoms with Crippen LogP contribution in [0.3, 0.4) is 0 Å². The summed E-state index contributed by atoms with van der Waals surface area (Å²) < 4.78 is 41.5. The summed E-state index contributed by atoms with van der Waals surface area (Å²) in [7, 11) is 0. The Morgan fingerprint density at radius 2 is 1.80 bits per heavy atom. The lowest BCUT2D eigenvalue weighted by Crippen LogP contribution is -2.28. The molecule has 11 heteroatoms. The number of rotatable bonds is 6. The Hall–Kier alpha value is -2.76. The highest BCUT2D eigenvalue weighted by molar-refractivity contribution is 5.74. The van der Waals surface area contributed by atoms with Crippen LogP contribution in [0.2, 0.25) is 0 Å². The molecule has 0 saturated carbocycles. The fourth-order valence-corrected chi connectivity index (χ4v) is 2.16. The minimum Gasteiger partial charge on any atom is -0.508 e. The second-order valence-corrected chi connectivity index (χ2v) is 6.49. The zero-order chi connectivity index (χ0) is 22.9. The third kappa shape index (κ3) is 8.31. The van der Waals surface area contributed by atoms with Crippen LogP contribution < -0.4 is 5.48 Å². The van der Waals surface area contributed by atoms with Crippen LogP contribution in [0.4, 0.5) is 13.2 Å². The van der Waals surface area contributed by atoms with E-state index >= 15 is 0 Å². The number of aliphatic hydroxyl groups is 1. The predicted octanol–water partition coefficient (Wildman–Crippen LogP) is 2.78. The Morgan fingerprint density at radius 3 is 2.27 bits per heavy atom. The molecule has 0 fully saturated rings. The average Bonchev–Trinajstić information content (AvgIpc) is 2.67. The SMILES string of the molecule is CC(C)OC(=O)C(O)Cc1ncccn1.CC(NO)c1ccc(C(F)(F)F)cc1O. The molecule has 166 valence electrons. The average molecular weight is 431 g/mol. The first-order valence-electron chi connectivity index (χ1n) is 8.89. The van der Waals surface area contributed by atoms with Crippen molar-refractivity contribution in [3.63, 3.8) is 0 Å². The van der Waals surface area contributed by atoms with Gasteiger partial charge >= 0.3 is 12.1 Å². The number of hydrogen-bond acceptors (Lipinski definition) is 8. The Labute approximate surface area is 171 Å². The highest BCUT2D eigenvalue weighted by atomic mass is 19.4. The van der Waals surface area contributed by atoms with Gasteiger partial charge in [-0.25, -0.2) is 14.8 Å². The third-order valence-corrected chi connectivity index (χ3v) is 3.64. The third-order valence-electron chi connectivity index (χ3n) is 3.64. The number of carbonyl (C=O) groups is 1. The van der Waals surface area contributed by atoms with E-state index in [1.807, 2.05) is 5.48 Å². The minimum atomic E-state index is -4.48. The maximum atomic E-state index is 12.2. The van der Waals surface area contributed by atoms with Gasteiger partial charge in [-0.05, 0) is 39.0 Å². The van der Waals surface area contributed by atoms with Gasteiger partial charge in [-0.1, -0.05) is 6.07 Å². The summed E-state index contributed by atoms with van der Waals surface area (Å²) >= 11 is 0. The molecule has 1 aromatic carbocycles. The standard InChI is InChI=1S/C10H14N2O3.C9H10F3NO2/c1-7(2)15-10(14)8(13)6-9-11-4-3-5-12-9;1-5(13-15)7-3-2-6(4-8(7)14)9(10,11)12/h3-5,7-8,13H,6H2,1-2H3;2-5,13-15H,1H3. The van der Waals surface area contributed by atoms with Crippen molar-refractivity contribution in [2.45, 2.75) is 51.6 Å². The summed E-state index contributed by atoms with van der Waals surface area (Å²) in [6.45, 7) is 4.95. The van der Waals surface area contributed by atoms with Crippen LogP contribution in [0.1, 0.15) is 43.8 Å². The molecule has 0 saturated heterocycles. The molecule has 8 nitrogen and oxygen atoms in total. The van der Waals surface area contributed by atoms with E-state index in [1.54, 1.807) is 32.3 Å². The van der Waals surface area contributed by atoms with E-state index in [0.717, 1.165) is 12.1 Å². The Morgan fingerprint density at radius 1 is 1.20 bits per heavy atom. The molecule has 0 aliphatic heterocycles. The monoisotopic (exact) mass is 431 g/mol. The van der Waals surface area contributed by atoms with Crippen LogP contribution in [0.15, 0.2) is 36.7 Å². The molecule has 2 rings (SSSR count). The second-order valence-electron chi connectivity index (χ2n) is 6.49. The predicted molar refractivity (Wildman–Crippen MR) is 99.4 cm³/mol. The molecule has 0 spiro atoms. The minimum absolute atomic E-state index is 0.0758. The second kappa shape index (κ2) is 11.4. The number of ether oxygens (including phenoxy) is 1. The van der Waals surface area contributed by atoms with Gasteiger partial charge in [0.2, 0.25) is 0 Å². The van der Waals surface area contributed by atoms with Crippen LogP contribution in [0.5, 0.6) is 5.75 Å². The molecule has 0 aliphatic carbocycles. The van der Waals surface area contributed by atoms with Crippen LogP contribution in [0.25, 0.3) is 0 Å². The number of alkyl halides is 3. The maximum Gasteiger partial charge on any atom is 0.416 e. The molecular weight excluding hydrogens is 407 g/mol. The lowest BCUT2D eigenvalue weighted by atomic mass is 10.0. The van der Waals surface area contributed by atoms with Crippen molar-refractivity contribution in [3.8, 4) is 5.75 Å². The molecular formula is C19H24F3N3O5.